The van der Waals surface area contributed by atoms with E-state index in [1.54, 1.807) is 0 Å². The molecule has 1 aromatic rings. The molecular formula is C10H13N3O5. The molecule has 1 aromatic carbocycles. The third-order valence-corrected chi connectivity index (χ3v) is 2.03. The summed E-state index contributed by atoms with van der Waals surface area (Å²) >= 11 is 0. The highest BCUT2D eigenvalue weighted by molar-refractivity contribution is 5.91. The van der Waals surface area contributed by atoms with Crippen LogP contribution in [-0.4, -0.2) is 36.3 Å². The van der Waals surface area contributed by atoms with Crippen LogP contribution in [0.4, 0.5) is 16.2 Å². The van der Waals surface area contributed by atoms with E-state index in [9.17, 15) is 20.0 Å². The van der Waals surface area contributed by atoms with E-state index < -0.39 is 11.0 Å². The SMILES string of the molecule is COCCNC(=O)Nc1ccc([N+](=O)[O-])cc1O. The van der Waals surface area contributed by atoms with Crippen molar-refractivity contribution in [2.24, 2.45) is 0 Å². The van der Waals surface area contributed by atoms with Crippen LogP contribution in [0, 0.1) is 10.1 Å². The Bertz CT molecular complexity index is 449. The quantitative estimate of drug-likeness (QED) is 0.315. The molecule has 0 saturated heterocycles. The second-order valence-electron chi connectivity index (χ2n) is 3.33. The summed E-state index contributed by atoms with van der Waals surface area (Å²) in [6, 6.07) is 2.87. The molecule has 1 rings (SSSR count). The average Bonchev–Trinajstić information content (AvgIpc) is 2.32. The number of urea groups is 1. The van der Waals surface area contributed by atoms with E-state index in [1.807, 2.05) is 0 Å². The summed E-state index contributed by atoms with van der Waals surface area (Å²) in [4.78, 5) is 21.1. The number of nitrogens with one attached hydrogen (secondary N) is 2. The number of methoxy groups -OCH3 is 1. The summed E-state index contributed by atoms with van der Waals surface area (Å²) in [5.74, 6) is -0.369. The van der Waals surface area contributed by atoms with E-state index in [0.717, 1.165) is 6.07 Å². The van der Waals surface area contributed by atoms with Crippen LogP contribution in [0.25, 0.3) is 0 Å². The number of phenols is 1. The van der Waals surface area contributed by atoms with Gasteiger partial charge < -0.3 is 20.5 Å². The monoisotopic (exact) mass is 255 g/mol. The Morgan fingerprint density at radius 2 is 2.28 bits per heavy atom. The smallest absolute Gasteiger partial charge is 0.319 e. The fraction of sp³-hybridized carbons (Fsp3) is 0.300. The van der Waals surface area contributed by atoms with E-state index in [2.05, 4.69) is 10.6 Å². The third kappa shape index (κ3) is 3.91. The van der Waals surface area contributed by atoms with Gasteiger partial charge >= 0.3 is 6.03 Å². The average molecular weight is 255 g/mol. The van der Waals surface area contributed by atoms with Crippen molar-refractivity contribution in [3.8, 4) is 5.75 Å². The topological polar surface area (TPSA) is 114 Å². The Balaban J connectivity index is 2.62. The lowest BCUT2D eigenvalue weighted by atomic mass is 10.2. The normalized spacial score (nSPS) is 9.83. The Morgan fingerprint density at radius 3 is 2.83 bits per heavy atom. The zero-order valence-electron chi connectivity index (χ0n) is 9.67. The molecule has 3 N–H and O–H groups in total. The minimum Gasteiger partial charge on any atom is -0.506 e. The number of nitrogens with zero attached hydrogens (tertiary/aromatic N) is 1. The number of aromatic hydroxyl groups is 1. The van der Waals surface area contributed by atoms with E-state index in [4.69, 9.17) is 4.74 Å². The summed E-state index contributed by atoms with van der Waals surface area (Å²) in [7, 11) is 1.50. The van der Waals surface area contributed by atoms with Gasteiger partial charge in [-0.05, 0) is 6.07 Å². The number of phenolic OH excluding ortho intramolecular Hbond substituents is 1. The fourth-order valence-corrected chi connectivity index (χ4v) is 1.17. The first-order chi connectivity index (χ1) is 8.54. The number of carbonyl (C=O) groups excluding carboxylic acids is 1. The van der Waals surface area contributed by atoms with Crippen LogP contribution in [0.2, 0.25) is 0 Å². The highest BCUT2D eigenvalue weighted by atomic mass is 16.6. The molecule has 0 radical (unpaired) electrons. The van der Waals surface area contributed by atoms with Crippen LogP contribution in [0.5, 0.6) is 5.75 Å². The maximum absolute atomic E-state index is 11.3. The number of anilines is 1. The van der Waals surface area contributed by atoms with Crippen LogP contribution in [-0.2, 0) is 4.74 Å². The molecule has 18 heavy (non-hydrogen) atoms. The van der Waals surface area contributed by atoms with Crippen molar-refractivity contribution in [1.82, 2.24) is 5.32 Å². The van der Waals surface area contributed by atoms with E-state index in [1.165, 1.54) is 19.2 Å². The number of hydrogen-bond acceptors (Lipinski definition) is 5. The van der Waals surface area contributed by atoms with Gasteiger partial charge in [-0.25, -0.2) is 4.79 Å². The van der Waals surface area contributed by atoms with Crippen LogP contribution in [0.3, 0.4) is 0 Å². The van der Waals surface area contributed by atoms with Crippen molar-refractivity contribution < 1.29 is 19.6 Å². The predicted octanol–water partition coefficient (Wildman–Crippen LogP) is 1.07. The lowest BCUT2D eigenvalue weighted by Gasteiger charge is -2.08. The second-order valence-corrected chi connectivity index (χ2v) is 3.33. The van der Waals surface area contributed by atoms with Gasteiger partial charge in [-0.3, -0.25) is 10.1 Å². The van der Waals surface area contributed by atoms with Crippen LogP contribution >= 0.6 is 0 Å². The summed E-state index contributed by atoms with van der Waals surface area (Å²) in [6.07, 6.45) is 0. The van der Waals surface area contributed by atoms with E-state index >= 15 is 0 Å². The summed E-state index contributed by atoms with van der Waals surface area (Å²) in [5.41, 5.74) is -0.159. The minimum absolute atomic E-state index is 0.0931. The highest BCUT2D eigenvalue weighted by Gasteiger charge is 2.11. The molecule has 0 aliphatic heterocycles. The van der Waals surface area contributed by atoms with Gasteiger partial charge in [0.2, 0.25) is 0 Å². The molecule has 0 heterocycles. The molecule has 0 saturated carbocycles. The number of nitro benzene ring substituents is 1. The van der Waals surface area contributed by atoms with Gasteiger partial charge in [0.1, 0.15) is 5.75 Å². The fourth-order valence-electron chi connectivity index (χ4n) is 1.17. The molecule has 0 aliphatic rings. The maximum atomic E-state index is 11.3. The zero-order valence-corrected chi connectivity index (χ0v) is 9.67. The zero-order chi connectivity index (χ0) is 13.5. The summed E-state index contributed by atoms with van der Waals surface area (Å²) in [6.45, 7) is 0.676. The molecule has 0 aliphatic carbocycles. The molecule has 0 unspecified atom stereocenters. The van der Waals surface area contributed by atoms with Crippen LogP contribution < -0.4 is 10.6 Å². The minimum atomic E-state index is -0.637. The van der Waals surface area contributed by atoms with Crippen molar-refractivity contribution in [2.75, 3.05) is 25.6 Å². The summed E-state index contributed by atoms with van der Waals surface area (Å²) in [5, 5.41) is 24.8. The Morgan fingerprint density at radius 1 is 1.56 bits per heavy atom. The molecule has 0 fully saturated rings. The van der Waals surface area contributed by atoms with Crippen LogP contribution in [0.1, 0.15) is 0 Å². The first-order valence-corrected chi connectivity index (χ1v) is 5.05. The van der Waals surface area contributed by atoms with E-state index in [-0.39, 0.29) is 17.1 Å². The molecule has 8 heteroatoms. The molecule has 98 valence electrons. The van der Waals surface area contributed by atoms with Gasteiger partial charge in [-0.15, -0.1) is 0 Å². The Hall–Kier alpha value is -2.35. The molecule has 0 bridgehead atoms. The lowest BCUT2D eigenvalue weighted by molar-refractivity contribution is -0.384. The highest BCUT2D eigenvalue weighted by Crippen LogP contribution is 2.27. The van der Waals surface area contributed by atoms with Crippen molar-refractivity contribution in [2.45, 2.75) is 0 Å². The number of benzene rings is 1. The van der Waals surface area contributed by atoms with Crippen LogP contribution in [0.15, 0.2) is 18.2 Å². The number of non-ortho nitro benzene ring substituents is 1. The number of nitro groups is 1. The van der Waals surface area contributed by atoms with Gasteiger partial charge in [-0.1, -0.05) is 0 Å². The molecule has 0 aromatic heterocycles. The van der Waals surface area contributed by atoms with Gasteiger partial charge in [0.25, 0.3) is 5.69 Å². The third-order valence-electron chi connectivity index (χ3n) is 2.03. The first-order valence-electron chi connectivity index (χ1n) is 5.05. The van der Waals surface area contributed by atoms with Gasteiger partial charge in [0.05, 0.1) is 23.3 Å². The molecular weight excluding hydrogens is 242 g/mol. The Kier molecular flexibility index (Phi) is 4.88. The standard InChI is InChI=1S/C10H13N3O5/c1-18-5-4-11-10(15)12-8-3-2-7(13(16)17)6-9(8)14/h2-3,6,14H,4-5H2,1H3,(H2,11,12,15). The first kappa shape index (κ1) is 13.7. The predicted molar refractivity (Wildman–Crippen MR) is 63.7 cm³/mol. The molecule has 8 nitrogen and oxygen atoms in total. The number of amides is 2. The number of hydrogen-bond donors (Lipinski definition) is 3. The van der Waals surface area contributed by atoms with Crippen molar-refractivity contribution >= 4 is 17.4 Å². The number of rotatable bonds is 5. The van der Waals surface area contributed by atoms with Gasteiger partial charge in [0, 0.05) is 19.7 Å². The van der Waals surface area contributed by atoms with E-state index in [0.29, 0.717) is 13.2 Å². The second kappa shape index (κ2) is 6.40. The van der Waals surface area contributed by atoms with Gasteiger partial charge in [0.15, 0.2) is 0 Å². The van der Waals surface area contributed by atoms with Gasteiger partial charge in [-0.2, -0.15) is 0 Å². The maximum Gasteiger partial charge on any atom is 0.319 e. The largest absolute Gasteiger partial charge is 0.506 e. The molecule has 2 amide bonds. The molecule has 0 atom stereocenters. The lowest BCUT2D eigenvalue weighted by Crippen LogP contribution is -2.31. The van der Waals surface area contributed by atoms with Crippen molar-refractivity contribution in [1.29, 1.82) is 0 Å². The summed E-state index contributed by atoms with van der Waals surface area (Å²) < 4.78 is 4.74. The Labute approximate surface area is 103 Å². The van der Waals surface area contributed by atoms with Crippen molar-refractivity contribution in [3.05, 3.63) is 28.3 Å². The van der Waals surface area contributed by atoms with Crippen molar-refractivity contribution in [3.63, 3.8) is 0 Å². The number of carbonyl (C=O) groups is 1. The number of ether oxygens (including phenoxy) is 1. The molecule has 0 spiro atoms.